The van der Waals surface area contributed by atoms with Gasteiger partial charge in [-0.3, -0.25) is 53.2 Å². The molecule has 0 aliphatic carbocycles. The van der Waals surface area contributed by atoms with Crippen LogP contribution in [0, 0.1) is 0 Å². The van der Waals surface area contributed by atoms with Gasteiger partial charge in [-0.05, 0) is 83.8 Å². The van der Waals surface area contributed by atoms with Crippen LogP contribution in [0.1, 0.15) is 72.9 Å². The van der Waals surface area contributed by atoms with Crippen molar-refractivity contribution in [2.75, 3.05) is 91.6 Å². The summed E-state index contributed by atoms with van der Waals surface area (Å²) in [5, 5.41) is 66.2. The van der Waals surface area contributed by atoms with E-state index < -0.39 is 66.8 Å². The molecule has 2 aromatic rings. The second-order valence-corrected chi connectivity index (χ2v) is 18.4. The number of carboxylic acid groups (broad SMARTS) is 6. The van der Waals surface area contributed by atoms with Crippen LogP contribution in [0.4, 0.5) is 4.79 Å². The Labute approximate surface area is 435 Å². The van der Waals surface area contributed by atoms with Crippen LogP contribution in [0.3, 0.4) is 0 Å². The fraction of sp³-hybridized carbons (Fsp3) is 0.553. The van der Waals surface area contributed by atoms with Gasteiger partial charge in [-0.1, -0.05) is 18.2 Å². The van der Waals surface area contributed by atoms with Crippen LogP contribution in [0.15, 0.2) is 47.2 Å². The van der Waals surface area contributed by atoms with Crippen LogP contribution in [-0.4, -0.2) is 223 Å². The number of nitrogens with zero attached hydrogens (tertiary/aromatic N) is 6. The molecule has 5 amide bonds. The SMILES string of the molecule is O=C(O)CC[C@@H](NC(=O)N[C@H](CCCCN(Cc1ccc(Br)nc1)C(=O)c1ccc(CNC(=O)CCCCNC(=O)CN2CCN(CC(=O)O)CCN(CC(=O)O)CCN(CC(=O)O)CC2)cc1)C(=O)O)C(=O)O. The van der Waals surface area contributed by atoms with Crippen molar-refractivity contribution in [3.8, 4) is 0 Å². The number of carbonyl (C=O) groups excluding carboxylic acids is 4. The first-order chi connectivity index (χ1) is 35.2. The molecule has 0 bridgehead atoms. The molecule has 2 atom stereocenters. The Morgan fingerprint density at radius 1 is 0.554 bits per heavy atom. The van der Waals surface area contributed by atoms with Crippen LogP contribution in [0.5, 0.6) is 0 Å². The van der Waals surface area contributed by atoms with Crippen molar-refractivity contribution in [2.24, 2.45) is 0 Å². The molecule has 0 radical (unpaired) electrons. The number of carboxylic acids is 6. The molecule has 27 heteroatoms. The maximum absolute atomic E-state index is 13.8. The first-order valence-corrected chi connectivity index (χ1v) is 24.8. The van der Waals surface area contributed by atoms with Crippen molar-refractivity contribution >= 4 is 75.5 Å². The molecule has 1 saturated heterocycles. The minimum absolute atomic E-state index is 0.0320. The topological polar surface area (TPSA) is 369 Å². The van der Waals surface area contributed by atoms with Crippen molar-refractivity contribution in [1.82, 2.24) is 50.8 Å². The van der Waals surface area contributed by atoms with Gasteiger partial charge in [0.05, 0.1) is 26.2 Å². The lowest BCUT2D eigenvalue weighted by Crippen LogP contribution is -2.51. The molecule has 2 heterocycles. The average Bonchev–Trinajstić information content (AvgIpc) is 3.33. The standard InChI is InChI=1S/C47H67BrN10O16/c48-37-13-9-33(26-50-37)27-58(16-4-2-5-35(45(70)71)52-47(74)53-36(46(72)73)12-14-40(61)62)44(69)34-10-7-32(8-11-34)25-51-38(59)6-1-3-15-49-39(60)28-54-17-19-55(29-41(63)64)21-23-57(31-43(67)68)24-22-56(20-18-54)30-42(65)66/h7-11,13,26,35-36H,1-6,12,14-25,27-31H2,(H,49,60)(H,51,59)(H,61,62)(H,63,64)(H,65,66)(H,67,68)(H,70,71)(H,72,73)(H2,52,53,74)/t35-,36-/m1/s1. The van der Waals surface area contributed by atoms with E-state index in [4.69, 9.17) is 5.11 Å². The third kappa shape index (κ3) is 25.7. The molecule has 408 valence electrons. The number of aliphatic carboxylic acids is 6. The predicted octanol–water partition coefficient (Wildman–Crippen LogP) is 0.105. The summed E-state index contributed by atoms with van der Waals surface area (Å²) in [6, 6.07) is 6.12. The van der Waals surface area contributed by atoms with E-state index >= 15 is 0 Å². The molecule has 10 N–H and O–H groups in total. The highest BCUT2D eigenvalue weighted by atomic mass is 79.9. The van der Waals surface area contributed by atoms with Crippen molar-refractivity contribution in [3.63, 3.8) is 0 Å². The zero-order valence-corrected chi connectivity index (χ0v) is 42.6. The highest BCUT2D eigenvalue weighted by Crippen LogP contribution is 2.16. The molecule has 1 aromatic carbocycles. The zero-order valence-electron chi connectivity index (χ0n) is 41.0. The number of benzene rings is 1. The van der Waals surface area contributed by atoms with E-state index in [1.807, 2.05) is 4.90 Å². The van der Waals surface area contributed by atoms with Gasteiger partial charge < -0.3 is 56.8 Å². The number of halogens is 1. The Morgan fingerprint density at radius 3 is 1.53 bits per heavy atom. The minimum Gasteiger partial charge on any atom is -0.481 e. The largest absolute Gasteiger partial charge is 0.481 e. The number of hydrogen-bond donors (Lipinski definition) is 10. The van der Waals surface area contributed by atoms with Crippen molar-refractivity contribution in [1.29, 1.82) is 0 Å². The van der Waals surface area contributed by atoms with Gasteiger partial charge in [0, 0.05) is 103 Å². The lowest BCUT2D eigenvalue weighted by atomic mass is 10.1. The molecular formula is C47H67BrN10O16. The van der Waals surface area contributed by atoms with Gasteiger partial charge in [0.25, 0.3) is 5.91 Å². The van der Waals surface area contributed by atoms with Gasteiger partial charge in [0.2, 0.25) is 11.8 Å². The number of nitrogens with one attached hydrogen (secondary N) is 4. The number of carbonyl (C=O) groups is 10. The quantitative estimate of drug-likeness (QED) is 0.0366. The molecule has 1 aliphatic heterocycles. The smallest absolute Gasteiger partial charge is 0.326 e. The van der Waals surface area contributed by atoms with Crippen LogP contribution < -0.4 is 21.3 Å². The lowest BCUT2D eigenvalue weighted by Gasteiger charge is -2.32. The first-order valence-electron chi connectivity index (χ1n) is 24.0. The summed E-state index contributed by atoms with van der Waals surface area (Å²) in [5.74, 6) is -8.13. The van der Waals surface area contributed by atoms with E-state index in [0.717, 1.165) is 11.1 Å². The number of aromatic nitrogens is 1. The number of hydrogen-bond acceptors (Lipinski definition) is 15. The summed E-state index contributed by atoms with van der Waals surface area (Å²) in [5.41, 5.74) is 1.79. The highest BCUT2D eigenvalue weighted by molar-refractivity contribution is 9.10. The van der Waals surface area contributed by atoms with Crippen LogP contribution >= 0.6 is 15.9 Å². The maximum Gasteiger partial charge on any atom is 0.326 e. The molecule has 1 aliphatic rings. The fourth-order valence-electron chi connectivity index (χ4n) is 7.68. The molecule has 0 spiro atoms. The molecule has 0 saturated carbocycles. The monoisotopic (exact) mass is 1110 g/mol. The number of amides is 5. The second-order valence-electron chi connectivity index (χ2n) is 17.6. The van der Waals surface area contributed by atoms with E-state index in [-0.39, 0.29) is 129 Å². The Bertz CT molecular complexity index is 2170. The summed E-state index contributed by atoms with van der Waals surface area (Å²) < 4.78 is 0.592. The summed E-state index contributed by atoms with van der Waals surface area (Å²) >= 11 is 3.29. The first kappa shape index (κ1) is 61.5. The van der Waals surface area contributed by atoms with E-state index in [2.05, 4.69) is 42.2 Å². The normalized spacial score (nSPS) is 15.0. The Kier molecular flexibility index (Phi) is 27.5. The van der Waals surface area contributed by atoms with E-state index in [0.29, 0.717) is 42.5 Å². The van der Waals surface area contributed by atoms with Crippen molar-refractivity contribution < 1.29 is 78.6 Å². The van der Waals surface area contributed by atoms with Gasteiger partial charge in [0.15, 0.2) is 0 Å². The maximum atomic E-state index is 13.8. The van der Waals surface area contributed by atoms with Crippen LogP contribution in [0.2, 0.25) is 0 Å². The lowest BCUT2D eigenvalue weighted by molar-refractivity contribution is -0.141. The molecule has 0 unspecified atom stereocenters. The van der Waals surface area contributed by atoms with E-state index in [1.54, 1.807) is 62.2 Å². The number of urea groups is 1. The van der Waals surface area contributed by atoms with E-state index in [9.17, 15) is 73.5 Å². The van der Waals surface area contributed by atoms with E-state index in [1.165, 1.54) is 0 Å². The van der Waals surface area contributed by atoms with Gasteiger partial charge >= 0.3 is 41.8 Å². The average molecular weight is 1110 g/mol. The zero-order chi connectivity index (χ0) is 54.6. The third-order valence-electron chi connectivity index (χ3n) is 11.7. The summed E-state index contributed by atoms with van der Waals surface area (Å²) in [4.78, 5) is 133. The second kappa shape index (κ2) is 33.1. The number of rotatable bonds is 30. The molecule has 74 heavy (non-hydrogen) atoms. The molecule has 1 fully saturated rings. The Morgan fingerprint density at radius 2 is 1.05 bits per heavy atom. The molecule has 1 aromatic heterocycles. The van der Waals surface area contributed by atoms with Crippen LogP contribution in [0.25, 0.3) is 0 Å². The summed E-state index contributed by atoms with van der Waals surface area (Å²) in [7, 11) is 0. The number of pyridine rings is 1. The summed E-state index contributed by atoms with van der Waals surface area (Å²) in [6.45, 7) is 2.12. The molecular weight excluding hydrogens is 1040 g/mol. The van der Waals surface area contributed by atoms with Gasteiger partial charge in [-0.2, -0.15) is 0 Å². The van der Waals surface area contributed by atoms with Crippen molar-refractivity contribution in [2.45, 2.75) is 76.5 Å². The van der Waals surface area contributed by atoms with Gasteiger partial charge in [0.1, 0.15) is 16.7 Å². The minimum atomic E-state index is -1.55. The Balaban J connectivity index is 1.48. The Hall–Kier alpha value is -6.81. The third-order valence-corrected chi connectivity index (χ3v) is 12.2. The fourth-order valence-corrected chi connectivity index (χ4v) is 7.92. The predicted molar refractivity (Wildman–Crippen MR) is 266 cm³/mol. The highest BCUT2D eigenvalue weighted by Gasteiger charge is 2.26. The molecule has 26 nitrogen and oxygen atoms in total. The molecule has 3 rings (SSSR count). The van der Waals surface area contributed by atoms with Crippen molar-refractivity contribution in [3.05, 3.63) is 63.9 Å². The van der Waals surface area contributed by atoms with Crippen LogP contribution in [-0.2, 0) is 51.4 Å². The summed E-state index contributed by atoms with van der Waals surface area (Å²) in [6.07, 6.45) is 2.30. The van der Waals surface area contributed by atoms with Gasteiger partial charge in [-0.15, -0.1) is 0 Å². The van der Waals surface area contributed by atoms with Gasteiger partial charge in [-0.25, -0.2) is 19.4 Å². The number of unbranched alkanes of at least 4 members (excludes halogenated alkanes) is 2.